The Hall–Kier alpha value is -2.26. The van der Waals surface area contributed by atoms with Gasteiger partial charge < -0.3 is 14.3 Å². The standard InChI is InChI=1S/C28H38O3/c1-4-7-10-21-15-18-26-28(24(21)11-8-5-2)27(25(31-26)12-9-6-3)22-13-16-23(17-14-22)30-20-19-29/h13-18,29H,4-12,19-20H2,1-3H3. The van der Waals surface area contributed by atoms with E-state index in [1.54, 1.807) is 0 Å². The molecular formula is C28H38O3. The van der Waals surface area contributed by atoms with E-state index in [0.29, 0.717) is 6.61 Å². The Morgan fingerprint density at radius 2 is 1.48 bits per heavy atom. The van der Waals surface area contributed by atoms with E-state index < -0.39 is 0 Å². The molecule has 168 valence electrons. The van der Waals surface area contributed by atoms with Gasteiger partial charge in [0.05, 0.1) is 6.61 Å². The average molecular weight is 423 g/mol. The number of benzene rings is 2. The van der Waals surface area contributed by atoms with Crippen LogP contribution in [-0.2, 0) is 19.3 Å². The van der Waals surface area contributed by atoms with E-state index in [2.05, 4.69) is 45.0 Å². The zero-order valence-electron chi connectivity index (χ0n) is 19.5. The Morgan fingerprint density at radius 1 is 0.806 bits per heavy atom. The van der Waals surface area contributed by atoms with Crippen LogP contribution in [0.25, 0.3) is 22.1 Å². The third-order valence-corrected chi connectivity index (χ3v) is 5.97. The highest BCUT2D eigenvalue weighted by Crippen LogP contribution is 2.40. The van der Waals surface area contributed by atoms with Crippen molar-refractivity contribution < 1.29 is 14.3 Å². The smallest absolute Gasteiger partial charge is 0.135 e. The van der Waals surface area contributed by atoms with Gasteiger partial charge in [0.25, 0.3) is 0 Å². The Bertz CT molecular complexity index is 937. The molecule has 3 nitrogen and oxygen atoms in total. The van der Waals surface area contributed by atoms with E-state index in [1.807, 2.05) is 12.1 Å². The maximum atomic E-state index is 9.02. The third-order valence-electron chi connectivity index (χ3n) is 5.97. The van der Waals surface area contributed by atoms with Crippen LogP contribution in [0.4, 0.5) is 0 Å². The van der Waals surface area contributed by atoms with Gasteiger partial charge in [0.2, 0.25) is 0 Å². The van der Waals surface area contributed by atoms with Crippen LogP contribution in [0.2, 0.25) is 0 Å². The summed E-state index contributed by atoms with van der Waals surface area (Å²) in [6.07, 6.45) is 10.3. The van der Waals surface area contributed by atoms with Crippen LogP contribution in [0.15, 0.2) is 40.8 Å². The highest BCUT2D eigenvalue weighted by atomic mass is 16.5. The first-order valence-electron chi connectivity index (χ1n) is 12.1. The first kappa shape index (κ1) is 23.4. The van der Waals surface area contributed by atoms with Crippen molar-refractivity contribution in [2.75, 3.05) is 13.2 Å². The number of furan rings is 1. The Kier molecular flexibility index (Phi) is 9.02. The van der Waals surface area contributed by atoms with Gasteiger partial charge in [-0.25, -0.2) is 0 Å². The number of aliphatic hydroxyl groups is 1. The number of ether oxygens (including phenoxy) is 1. The number of hydrogen-bond donors (Lipinski definition) is 1. The summed E-state index contributed by atoms with van der Waals surface area (Å²) >= 11 is 0. The second kappa shape index (κ2) is 12.0. The molecule has 0 saturated carbocycles. The second-order valence-electron chi connectivity index (χ2n) is 8.38. The fourth-order valence-corrected chi connectivity index (χ4v) is 4.29. The second-order valence-corrected chi connectivity index (χ2v) is 8.38. The van der Waals surface area contributed by atoms with Crippen LogP contribution in [0.3, 0.4) is 0 Å². The van der Waals surface area contributed by atoms with Crippen LogP contribution >= 0.6 is 0 Å². The zero-order chi connectivity index (χ0) is 22.1. The summed E-state index contributed by atoms with van der Waals surface area (Å²) in [6, 6.07) is 12.8. The molecule has 31 heavy (non-hydrogen) atoms. The first-order valence-corrected chi connectivity index (χ1v) is 12.1. The third kappa shape index (κ3) is 5.71. The molecule has 0 amide bonds. The van der Waals surface area contributed by atoms with Crippen molar-refractivity contribution in [2.45, 2.75) is 78.6 Å². The summed E-state index contributed by atoms with van der Waals surface area (Å²) in [6.45, 7) is 7.09. The van der Waals surface area contributed by atoms with Gasteiger partial charge in [0.15, 0.2) is 0 Å². The SMILES string of the molecule is CCCCc1ccc2oc(CCCC)c(-c3ccc(OCCO)cc3)c2c1CCCC. The number of rotatable bonds is 13. The molecule has 2 aromatic carbocycles. The average Bonchev–Trinajstić information content (AvgIpc) is 3.17. The minimum absolute atomic E-state index is 0.0244. The molecule has 0 aliphatic heterocycles. The van der Waals surface area contributed by atoms with E-state index in [1.165, 1.54) is 53.3 Å². The molecular weight excluding hydrogens is 384 g/mol. The molecule has 0 bridgehead atoms. The summed E-state index contributed by atoms with van der Waals surface area (Å²) in [4.78, 5) is 0. The molecule has 0 aliphatic rings. The normalized spacial score (nSPS) is 11.4. The maximum Gasteiger partial charge on any atom is 0.135 e. The predicted molar refractivity (Wildman–Crippen MR) is 130 cm³/mol. The van der Waals surface area contributed by atoms with Gasteiger partial charge in [-0.3, -0.25) is 0 Å². The summed E-state index contributed by atoms with van der Waals surface area (Å²) in [5, 5.41) is 10.3. The minimum atomic E-state index is 0.0244. The van der Waals surface area contributed by atoms with E-state index in [0.717, 1.165) is 49.2 Å². The van der Waals surface area contributed by atoms with Crippen molar-refractivity contribution >= 4 is 11.0 Å². The van der Waals surface area contributed by atoms with Crippen molar-refractivity contribution in [3.05, 3.63) is 53.3 Å². The highest BCUT2D eigenvalue weighted by molar-refractivity contribution is 5.99. The lowest BCUT2D eigenvalue weighted by molar-refractivity contribution is 0.201. The predicted octanol–water partition coefficient (Wildman–Crippen LogP) is 7.50. The van der Waals surface area contributed by atoms with Crippen molar-refractivity contribution in [2.24, 2.45) is 0 Å². The molecule has 3 heteroatoms. The molecule has 0 spiro atoms. The molecule has 0 fully saturated rings. The molecule has 0 saturated heterocycles. The molecule has 0 aliphatic carbocycles. The number of aliphatic hydroxyl groups excluding tert-OH is 1. The molecule has 1 N–H and O–H groups in total. The Labute approximate surface area is 187 Å². The lowest BCUT2D eigenvalue weighted by atomic mass is 9.90. The van der Waals surface area contributed by atoms with Gasteiger partial charge >= 0.3 is 0 Å². The van der Waals surface area contributed by atoms with Crippen molar-refractivity contribution in [1.82, 2.24) is 0 Å². The number of aryl methyl sites for hydroxylation is 3. The zero-order valence-corrected chi connectivity index (χ0v) is 19.5. The molecule has 1 heterocycles. The molecule has 0 radical (unpaired) electrons. The van der Waals surface area contributed by atoms with Crippen molar-refractivity contribution in [1.29, 1.82) is 0 Å². The molecule has 3 rings (SSSR count). The van der Waals surface area contributed by atoms with Crippen LogP contribution < -0.4 is 4.74 Å². The van der Waals surface area contributed by atoms with E-state index in [9.17, 15) is 0 Å². The van der Waals surface area contributed by atoms with E-state index in [4.69, 9.17) is 14.3 Å². The lowest BCUT2D eigenvalue weighted by Crippen LogP contribution is -2.01. The van der Waals surface area contributed by atoms with Crippen LogP contribution in [0, 0.1) is 0 Å². The topological polar surface area (TPSA) is 42.6 Å². The van der Waals surface area contributed by atoms with Crippen LogP contribution in [0.5, 0.6) is 5.75 Å². The number of unbranched alkanes of at least 4 members (excludes halogenated alkanes) is 3. The van der Waals surface area contributed by atoms with Gasteiger partial charge in [-0.05, 0) is 67.0 Å². The van der Waals surface area contributed by atoms with Crippen LogP contribution in [-0.4, -0.2) is 18.3 Å². The van der Waals surface area contributed by atoms with Gasteiger partial charge in [-0.2, -0.15) is 0 Å². The fourth-order valence-electron chi connectivity index (χ4n) is 4.29. The monoisotopic (exact) mass is 422 g/mol. The van der Waals surface area contributed by atoms with Crippen molar-refractivity contribution in [3.63, 3.8) is 0 Å². The first-order chi connectivity index (χ1) is 15.2. The fraction of sp³-hybridized carbons (Fsp3) is 0.500. The van der Waals surface area contributed by atoms with Gasteiger partial charge in [0, 0.05) is 17.4 Å². The van der Waals surface area contributed by atoms with Gasteiger partial charge in [0.1, 0.15) is 23.7 Å². The summed E-state index contributed by atoms with van der Waals surface area (Å²) in [5.74, 6) is 1.89. The molecule has 0 unspecified atom stereocenters. The largest absolute Gasteiger partial charge is 0.491 e. The van der Waals surface area contributed by atoms with E-state index >= 15 is 0 Å². The molecule has 0 atom stereocenters. The highest BCUT2D eigenvalue weighted by Gasteiger charge is 2.20. The quantitative estimate of drug-likeness (QED) is 0.310. The maximum absolute atomic E-state index is 9.02. The number of hydrogen-bond acceptors (Lipinski definition) is 3. The summed E-state index contributed by atoms with van der Waals surface area (Å²) in [5.41, 5.74) is 6.44. The van der Waals surface area contributed by atoms with Crippen LogP contribution in [0.1, 0.15) is 76.2 Å². The van der Waals surface area contributed by atoms with Gasteiger partial charge in [-0.15, -0.1) is 0 Å². The Balaban J connectivity index is 2.14. The van der Waals surface area contributed by atoms with E-state index in [-0.39, 0.29) is 6.61 Å². The minimum Gasteiger partial charge on any atom is -0.491 e. The van der Waals surface area contributed by atoms with Crippen molar-refractivity contribution in [3.8, 4) is 16.9 Å². The summed E-state index contributed by atoms with van der Waals surface area (Å²) in [7, 11) is 0. The molecule has 1 aromatic heterocycles. The lowest BCUT2D eigenvalue weighted by Gasteiger charge is -2.13. The van der Waals surface area contributed by atoms with Gasteiger partial charge in [-0.1, -0.05) is 58.2 Å². The Morgan fingerprint density at radius 3 is 2.16 bits per heavy atom. The molecule has 3 aromatic rings. The number of fused-ring (bicyclic) bond motifs is 1. The summed E-state index contributed by atoms with van der Waals surface area (Å²) < 4.78 is 12.0.